The fraction of sp³-hybridized carbons (Fsp3) is 1.00. The highest BCUT2D eigenvalue weighted by Crippen LogP contribution is 2.22. The van der Waals surface area contributed by atoms with Crippen molar-refractivity contribution >= 4 is 22.6 Å². The standard InChI is InChI=1S/C11H25N3O2S.ClH/c1-9-5-10(2)8-14(7-9)17(15,16)13-6-11(3)12-4;/h9-13H,5-8H2,1-4H3;1H. The summed E-state index contributed by atoms with van der Waals surface area (Å²) in [5, 5.41) is 3.01. The first-order chi connectivity index (χ1) is 7.85. The lowest BCUT2D eigenvalue weighted by Gasteiger charge is -2.34. The van der Waals surface area contributed by atoms with E-state index in [4.69, 9.17) is 0 Å². The highest BCUT2D eigenvalue weighted by molar-refractivity contribution is 7.87. The van der Waals surface area contributed by atoms with Crippen LogP contribution < -0.4 is 10.0 Å². The minimum Gasteiger partial charge on any atom is -0.316 e. The van der Waals surface area contributed by atoms with Crippen LogP contribution in [-0.2, 0) is 10.2 Å². The molecule has 0 radical (unpaired) electrons. The molecule has 0 aromatic heterocycles. The first kappa shape index (κ1) is 18.1. The third kappa shape index (κ3) is 5.40. The Hall–Kier alpha value is 0.120. The molecule has 0 amide bonds. The molecule has 2 N–H and O–H groups in total. The quantitative estimate of drug-likeness (QED) is 0.790. The predicted octanol–water partition coefficient (Wildman–Crippen LogP) is 0.828. The van der Waals surface area contributed by atoms with Crippen molar-refractivity contribution in [1.82, 2.24) is 14.3 Å². The van der Waals surface area contributed by atoms with Crippen LogP contribution in [0.2, 0.25) is 0 Å². The van der Waals surface area contributed by atoms with E-state index in [-0.39, 0.29) is 18.4 Å². The van der Waals surface area contributed by atoms with Crippen molar-refractivity contribution in [1.29, 1.82) is 0 Å². The third-order valence-corrected chi connectivity index (χ3v) is 4.75. The topological polar surface area (TPSA) is 61.4 Å². The van der Waals surface area contributed by atoms with Gasteiger partial charge in [0.15, 0.2) is 0 Å². The monoisotopic (exact) mass is 299 g/mol. The number of hydrogen-bond acceptors (Lipinski definition) is 3. The largest absolute Gasteiger partial charge is 0.316 e. The lowest BCUT2D eigenvalue weighted by molar-refractivity contribution is 0.220. The lowest BCUT2D eigenvalue weighted by Crippen LogP contribution is -2.50. The van der Waals surface area contributed by atoms with E-state index in [1.807, 2.05) is 14.0 Å². The van der Waals surface area contributed by atoms with Gasteiger partial charge in [-0.1, -0.05) is 13.8 Å². The van der Waals surface area contributed by atoms with E-state index >= 15 is 0 Å². The van der Waals surface area contributed by atoms with Gasteiger partial charge in [-0.25, -0.2) is 4.72 Å². The van der Waals surface area contributed by atoms with E-state index in [0.717, 1.165) is 6.42 Å². The second-order valence-electron chi connectivity index (χ2n) is 5.31. The minimum atomic E-state index is -3.31. The van der Waals surface area contributed by atoms with Crippen molar-refractivity contribution in [2.45, 2.75) is 33.2 Å². The first-order valence-electron chi connectivity index (χ1n) is 6.27. The minimum absolute atomic E-state index is 0. The molecule has 0 saturated carbocycles. The fourth-order valence-corrected chi connectivity index (χ4v) is 3.77. The number of nitrogens with one attached hydrogen (secondary N) is 2. The third-order valence-electron chi connectivity index (χ3n) is 3.24. The number of halogens is 1. The number of likely N-dealkylation sites (N-methyl/N-ethyl adjacent to an activating group) is 1. The van der Waals surface area contributed by atoms with Gasteiger partial charge in [0.2, 0.25) is 0 Å². The van der Waals surface area contributed by atoms with Crippen molar-refractivity contribution in [2.75, 3.05) is 26.7 Å². The Morgan fingerprint density at radius 3 is 2.22 bits per heavy atom. The van der Waals surface area contributed by atoms with Gasteiger partial charge in [0, 0.05) is 25.7 Å². The predicted molar refractivity (Wildman–Crippen MR) is 77.2 cm³/mol. The highest BCUT2D eigenvalue weighted by atomic mass is 35.5. The Kier molecular flexibility index (Phi) is 7.70. The summed E-state index contributed by atoms with van der Waals surface area (Å²) in [5.74, 6) is 0.883. The van der Waals surface area contributed by atoms with Crippen LogP contribution in [0.25, 0.3) is 0 Å². The molecule has 0 bridgehead atoms. The van der Waals surface area contributed by atoms with Gasteiger partial charge in [-0.15, -0.1) is 12.4 Å². The Morgan fingerprint density at radius 1 is 1.28 bits per heavy atom. The second-order valence-corrected chi connectivity index (χ2v) is 7.06. The number of piperidine rings is 1. The number of rotatable bonds is 5. The summed E-state index contributed by atoms with van der Waals surface area (Å²) >= 11 is 0. The van der Waals surface area contributed by atoms with Crippen LogP contribution in [0.3, 0.4) is 0 Å². The molecule has 0 aromatic rings. The molecule has 3 unspecified atom stereocenters. The van der Waals surface area contributed by atoms with Gasteiger partial charge < -0.3 is 5.32 Å². The Balaban J connectivity index is 0.00000289. The van der Waals surface area contributed by atoms with Gasteiger partial charge in [-0.2, -0.15) is 12.7 Å². The van der Waals surface area contributed by atoms with Crippen LogP contribution >= 0.6 is 12.4 Å². The molecule has 1 aliphatic rings. The van der Waals surface area contributed by atoms with Crippen molar-refractivity contribution in [2.24, 2.45) is 11.8 Å². The molecule has 0 spiro atoms. The van der Waals surface area contributed by atoms with Gasteiger partial charge in [0.05, 0.1) is 0 Å². The van der Waals surface area contributed by atoms with Gasteiger partial charge in [-0.3, -0.25) is 0 Å². The van der Waals surface area contributed by atoms with E-state index in [9.17, 15) is 8.42 Å². The van der Waals surface area contributed by atoms with Crippen LogP contribution in [0.1, 0.15) is 27.2 Å². The molecule has 0 aromatic carbocycles. The summed E-state index contributed by atoms with van der Waals surface area (Å²) in [6.45, 7) is 7.85. The van der Waals surface area contributed by atoms with Gasteiger partial charge in [0.25, 0.3) is 10.2 Å². The second kappa shape index (κ2) is 7.65. The summed E-state index contributed by atoms with van der Waals surface area (Å²) < 4.78 is 28.4. The van der Waals surface area contributed by atoms with E-state index in [2.05, 4.69) is 23.9 Å². The molecule has 1 fully saturated rings. The lowest BCUT2D eigenvalue weighted by atomic mass is 9.94. The van der Waals surface area contributed by atoms with E-state index in [1.165, 1.54) is 0 Å². The smallest absolute Gasteiger partial charge is 0.279 e. The highest BCUT2D eigenvalue weighted by Gasteiger charge is 2.30. The van der Waals surface area contributed by atoms with E-state index < -0.39 is 10.2 Å². The molecule has 18 heavy (non-hydrogen) atoms. The normalized spacial score (nSPS) is 27.6. The summed E-state index contributed by atoms with van der Waals surface area (Å²) in [6, 6.07) is 0.143. The number of nitrogens with zero attached hydrogens (tertiary/aromatic N) is 1. The zero-order chi connectivity index (χ0) is 13.1. The van der Waals surface area contributed by atoms with Crippen molar-refractivity contribution in [3.8, 4) is 0 Å². The maximum Gasteiger partial charge on any atom is 0.279 e. The zero-order valence-electron chi connectivity index (χ0n) is 11.6. The van der Waals surface area contributed by atoms with Crippen LogP contribution in [0.5, 0.6) is 0 Å². The first-order valence-corrected chi connectivity index (χ1v) is 7.71. The maximum absolute atomic E-state index is 12.1. The molecule has 1 rings (SSSR count). The Labute approximate surface area is 117 Å². The van der Waals surface area contributed by atoms with Gasteiger partial charge in [-0.05, 0) is 32.2 Å². The average molecular weight is 300 g/mol. The van der Waals surface area contributed by atoms with Gasteiger partial charge >= 0.3 is 0 Å². The van der Waals surface area contributed by atoms with Crippen molar-refractivity contribution in [3.63, 3.8) is 0 Å². The van der Waals surface area contributed by atoms with Crippen molar-refractivity contribution in [3.05, 3.63) is 0 Å². The zero-order valence-corrected chi connectivity index (χ0v) is 13.3. The van der Waals surface area contributed by atoms with Gasteiger partial charge in [0.1, 0.15) is 0 Å². The molecule has 7 heteroatoms. The SMILES string of the molecule is CNC(C)CNS(=O)(=O)N1CC(C)CC(C)C1.Cl. The number of hydrogen-bond donors (Lipinski definition) is 2. The molecule has 1 saturated heterocycles. The molecule has 1 heterocycles. The van der Waals surface area contributed by atoms with E-state index in [0.29, 0.717) is 31.5 Å². The molecule has 0 aliphatic carbocycles. The molecular formula is C11H26ClN3O2S. The van der Waals surface area contributed by atoms with Crippen LogP contribution in [0, 0.1) is 11.8 Å². The summed E-state index contributed by atoms with van der Waals surface area (Å²) in [5.41, 5.74) is 0. The molecular weight excluding hydrogens is 274 g/mol. The maximum atomic E-state index is 12.1. The summed E-state index contributed by atoms with van der Waals surface area (Å²) in [7, 11) is -1.49. The fourth-order valence-electron chi connectivity index (χ4n) is 2.23. The molecule has 110 valence electrons. The average Bonchev–Trinajstić information content (AvgIpc) is 2.24. The van der Waals surface area contributed by atoms with Crippen LogP contribution in [0.4, 0.5) is 0 Å². The van der Waals surface area contributed by atoms with Crippen molar-refractivity contribution < 1.29 is 8.42 Å². The van der Waals surface area contributed by atoms with Crippen LogP contribution in [-0.4, -0.2) is 45.4 Å². The Bertz CT molecular complexity index is 327. The molecule has 5 nitrogen and oxygen atoms in total. The van der Waals surface area contributed by atoms with E-state index in [1.54, 1.807) is 4.31 Å². The molecule has 1 aliphatic heterocycles. The van der Waals surface area contributed by atoms with Crippen LogP contribution in [0.15, 0.2) is 0 Å². The Morgan fingerprint density at radius 2 is 1.78 bits per heavy atom. The summed E-state index contributed by atoms with van der Waals surface area (Å²) in [6.07, 6.45) is 1.11. The summed E-state index contributed by atoms with van der Waals surface area (Å²) in [4.78, 5) is 0. The molecule has 3 atom stereocenters.